The molecule has 0 aromatic carbocycles. The molecule has 1 aromatic rings. The lowest BCUT2D eigenvalue weighted by atomic mass is 9.86. The van der Waals surface area contributed by atoms with Crippen LogP contribution in [-0.4, -0.2) is 17.0 Å². The minimum Gasteiger partial charge on any atom is -0.382 e. The molecule has 17 heavy (non-hydrogen) atoms. The highest BCUT2D eigenvalue weighted by molar-refractivity contribution is 7.10. The van der Waals surface area contributed by atoms with Crippen LogP contribution in [0.1, 0.15) is 32.8 Å². The Kier molecular flexibility index (Phi) is 3.25. The van der Waals surface area contributed by atoms with Crippen molar-refractivity contribution in [2.24, 2.45) is 11.8 Å². The van der Waals surface area contributed by atoms with Gasteiger partial charge in [0, 0.05) is 12.6 Å². The minimum atomic E-state index is 0.366. The van der Waals surface area contributed by atoms with Crippen LogP contribution >= 0.6 is 11.5 Å². The zero-order chi connectivity index (χ0) is 12.6. The van der Waals surface area contributed by atoms with Crippen molar-refractivity contribution < 1.29 is 0 Å². The first-order chi connectivity index (χ1) is 8.04. The summed E-state index contributed by atoms with van der Waals surface area (Å²) in [4.78, 5) is 2.30. The fraction of sp³-hybridized carbons (Fsp3) is 0.667. The zero-order valence-corrected chi connectivity index (χ0v) is 11.3. The van der Waals surface area contributed by atoms with E-state index in [0.29, 0.717) is 29.3 Å². The molecule has 4 nitrogen and oxygen atoms in total. The highest BCUT2D eigenvalue weighted by atomic mass is 32.1. The molecule has 92 valence electrons. The van der Waals surface area contributed by atoms with Crippen LogP contribution in [0.15, 0.2) is 0 Å². The molecule has 3 unspecified atom stereocenters. The monoisotopic (exact) mass is 250 g/mol. The Hall–Kier alpha value is -1.28. The van der Waals surface area contributed by atoms with E-state index in [1.165, 1.54) is 18.0 Å². The molecule has 0 saturated carbocycles. The second-order valence-electron chi connectivity index (χ2n) is 5.07. The predicted molar refractivity (Wildman–Crippen MR) is 71.0 cm³/mol. The van der Waals surface area contributed by atoms with E-state index >= 15 is 0 Å². The Bertz CT molecular complexity index is 448. The van der Waals surface area contributed by atoms with Crippen LogP contribution in [0, 0.1) is 23.2 Å². The average molecular weight is 250 g/mol. The van der Waals surface area contributed by atoms with Crippen molar-refractivity contribution in [3.63, 3.8) is 0 Å². The van der Waals surface area contributed by atoms with Crippen molar-refractivity contribution in [1.29, 1.82) is 5.26 Å². The van der Waals surface area contributed by atoms with E-state index in [1.54, 1.807) is 0 Å². The van der Waals surface area contributed by atoms with E-state index in [-0.39, 0.29) is 0 Å². The third-order valence-corrected chi connectivity index (χ3v) is 4.57. The first-order valence-electron chi connectivity index (χ1n) is 5.96. The van der Waals surface area contributed by atoms with Crippen LogP contribution in [0.25, 0.3) is 0 Å². The number of hydrogen-bond donors (Lipinski definition) is 1. The number of hydrogen-bond acceptors (Lipinski definition) is 5. The van der Waals surface area contributed by atoms with Crippen molar-refractivity contribution in [1.82, 2.24) is 4.37 Å². The number of piperidine rings is 1. The molecular weight excluding hydrogens is 232 g/mol. The van der Waals surface area contributed by atoms with Gasteiger partial charge in [-0.3, -0.25) is 0 Å². The molecule has 1 aliphatic rings. The van der Waals surface area contributed by atoms with Gasteiger partial charge in [-0.05, 0) is 36.7 Å². The van der Waals surface area contributed by atoms with Crippen molar-refractivity contribution >= 4 is 22.4 Å². The number of nitrogen functional groups attached to an aromatic ring is 1. The number of anilines is 2. The summed E-state index contributed by atoms with van der Waals surface area (Å²) in [5, 5.41) is 10.1. The lowest BCUT2D eigenvalue weighted by molar-refractivity contribution is 0.298. The van der Waals surface area contributed by atoms with Crippen molar-refractivity contribution in [3.05, 3.63) is 5.56 Å². The van der Waals surface area contributed by atoms with Crippen LogP contribution in [-0.2, 0) is 0 Å². The Morgan fingerprint density at radius 3 is 2.82 bits per heavy atom. The zero-order valence-electron chi connectivity index (χ0n) is 10.5. The predicted octanol–water partition coefficient (Wildman–Crippen LogP) is 2.47. The molecule has 0 bridgehead atoms. The molecule has 5 heteroatoms. The number of nitriles is 1. The average Bonchev–Trinajstić information content (AvgIpc) is 2.64. The molecule has 1 aromatic heterocycles. The van der Waals surface area contributed by atoms with Crippen molar-refractivity contribution in [2.75, 3.05) is 17.2 Å². The Morgan fingerprint density at radius 1 is 1.47 bits per heavy atom. The largest absolute Gasteiger partial charge is 0.382 e. The first kappa shape index (κ1) is 12.2. The number of aromatic nitrogens is 1. The molecule has 0 spiro atoms. The van der Waals surface area contributed by atoms with Crippen LogP contribution in [0.2, 0.25) is 0 Å². The van der Waals surface area contributed by atoms with Crippen LogP contribution < -0.4 is 10.6 Å². The van der Waals surface area contributed by atoms with Gasteiger partial charge < -0.3 is 10.6 Å². The highest BCUT2D eigenvalue weighted by Gasteiger charge is 2.31. The lowest BCUT2D eigenvalue weighted by Gasteiger charge is -2.41. The Morgan fingerprint density at radius 2 is 2.18 bits per heavy atom. The summed E-state index contributed by atoms with van der Waals surface area (Å²) in [5.41, 5.74) is 6.27. The highest BCUT2D eigenvalue weighted by Crippen LogP contribution is 2.37. The first-order valence-corrected chi connectivity index (χ1v) is 6.73. The van der Waals surface area contributed by atoms with Gasteiger partial charge in [-0.1, -0.05) is 13.8 Å². The van der Waals surface area contributed by atoms with Gasteiger partial charge in [0.05, 0.1) is 0 Å². The van der Waals surface area contributed by atoms with Crippen LogP contribution in [0.3, 0.4) is 0 Å². The standard InChI is InChI=1S/C12H18N4S/c1-7-4-8(2)9(3)16(6-7)12-10(5-13)11(14)15-17-12/h7-9H,4,6H2,1-3H3,(H2,14,15). The van der Waals surface area contributed by atoms with E-state index < -0.39 is 0 Å². The maximum absolute atomic E-state index is 9.15. The van der Waals surface area contributed by atoms with E-state index in [9.17, 15) is 0 Å². The molecular formula is C12H18N4S. The third-order valence-electron chi connectivity index (χ3n) is 3.67. The molecule has 3 atom stereocenters. The maximum Gasteiger partial charge on any atom is 0.157 e. The smallest absolute Gasteiger partial charge is 0.157 e. The molecule has 0 aliphatic carbocycles. The Labute approximate surface area is 106 Å². The third kappa shape index (κ3) is 2.09. The molecule has 2 rings (SSSR count). The van der Waals surface area contributed by atoms with E-state index in [0.717, 1.165) is 11.5 Å². The summed E-state index contributed by atoms with van der Waals surface area (Å²) in [5.74, 6) is 1.65. The van der Waals surface area contributed by atoms with Gasteiger partial charge >= 0.3 is 0 Å². The van der Waals surface area contributed by atoms with Gasteiger partial charge in [0.15, 0.2) is 5.82 Å². The molecule has 2 heterocycles. The molecule has 2 N–H and O–H groups in total. The van der Waals surface area contributed by atoms with Crippen molar-refractivity contribution in [3.8, 4) is 6.07 Å². The van der Waals surface area contributed by atoms with Gasteiger partial charge in [-0.15, -0.1) is 0 Å². The van der Waals surface area contributed by atoms with Crippen molar-refractivity contribution in [2.45, 2.75) is 33.2 Å². The van der Waals surface area contributed by atoms with Crippen LogP contribution in [0.4, 0.5) is 10.8 Å². The second kappa shape index (κ2) is 4.53. The lowest BCUT2D eigenvalue weighted by Crippen LogP contribution is -2.45. The summed E-state index contributed by atoms with van der Waals surface area (Å²) in [6.45, 7) is 7.73. The fourth-order valence-corrected chi connectivity index (χ4v) is 3.44. The minimum absolute atomic E-state index is 0.366. The van der Waals surface area contributed by atoms with Gasteiger partial charge in [0.25, 0.3) is 0 Å². The fourth-order valence-electron chi connectivity index (χ4n) is 2.58. The summed E-state index contributed by atoms with van der Waals surface area (Å²) >= 11 is 1.34. The summed E-state index contributed by atoms with van der Waals surface area (Å²) < 4.78 is 4.10. The van der Waals surface area contributed by atoms with Gasteiger partial charge in [-0.25, -0.2) is 0 Å². The molecule has 1 saturated heterocycles. The molecule has 0 radical (unpaired) electrons. The summed E-state index contributed by atoms with van der Waals surface area (Å²) in [7, 11) is 0. The van der Waals surface area contributed by atoms with Crippen LogP contribution in [0.5, 0.6) is 0 Å². The molecule has 1 aliphatic heterocycles. The number of nitrogens with two attached hydrogens (primary N) is 1. The van der Waals surface area contributed by atoms with Gasteiger partial charge in [-0.2, -0.15) is 9.64 Å². The van der Waals surface area contributed by atoms with E-state index in [1.807, 2.05) is 0 Å². The van der Waals surface area contributed by atoms with E-state index in [4.69, 9.17) is 11.0 Å². The Balaban J connectivity index is 2.35. The SMILES string of the molecule is CC1CC(C)C(C)N(c2snc(N)c2C#N)C1. The second-order valence-corrected chi connectivity index (χ2v) is 5.82. The number of nitrogens with zero attached hydrogens (tertiary/aromatic N) is 3. The maximum atomic E-state index is 9.15. The van der Waals surface area contributed by atoms with E-state index in [2.05, 4.69) is 36.1 Å². The molecule has 1 fully saturated rings. The summed E-state index contributed by atoms with van der Waals surface area (Å²) in [6, 6.07) is 2.62. The quantitative estimate of drug-likeness (QED) is 0.831. The summed E-state index contributed by atoms with van der Waals surface area (Å²) in [6.07, 6.45) is 1.24. The van der Waals surface area contributed by atoms with Gasteiger partial charge in [0.2, 0.25) is 0 Å². The van der Waals surface area contributed by atoms with Gasteiger partial charge in [0.1, 0.15) is 16.6 Å². The topological polar surface area (TPSA) is 65.9 Å². The molecule has 0 amide bonds. The normalized spacial score (nSPS) is 29.1. The number of rotatable bonds is 1.